The molecule has 0 saturated carbocycles. The first-order chi connectivity index (χ1) is 14.1. The number of hydrogen-bond acceptors (Lipinski definition) is 3. The van der Waals surface area contributed by atoms with Gasteiger partial charge in [0.15, 0.2) is 0 Å². The minimum Gasteiger partial charge on any atom is -0.381 e. The highest BCUT2D eigenvalue weighted by Gasteiger charge is 2.13. The highest BCUT2D eigenvalue weighted by molar-refractivity contribution is 5.73. The molecule has 2 aromatic carbocycles. The zero-order valence-electron chi connectivity index (χ0n) is 17.4. The second kappa shape index (κ2) is 12.7. The van der Waals surface area contributed by atoms with Crippen molar-refractivity contribution in [1.82, 2.24) is 10.6 Å². The third-order valence-electron chi connectivity index (χ3n) is 4.72. The molecule has 2 N–H and O–H groups in total. The topological polar surface area (TPSA) is 67.4 Å². The Labute approximate surface area is 173 Å². The van der Waals surface area contributed by atoms with Gasteiger partial charge in [-0.05, 0) is 36.8 Å². The first-order valence-corrected chi connectivity index (χ1v) is 10.3. The van der Waals surface area contributed by atoms with Crippen molar-refractivity contribution in [2.75, 3.05) is 13.2 Å². The molecule has 0 aliphatic heterocycles. The second-order valence-electron chi connectivity index (χ2n) is 7.22. The molecule has 156 valence electrons. The Morgan fingerprint density at radius 2 is 1.10 bits per heavy atom. The minimum absolute atomic E-state index is 0.0135. The average Bonchev–Trinajstić information content (AvgIpc) is 2.72. The van der Waals surface area contributed by atoms with Crippen LogP contribution in [0.15, 0.2) is 60.7 Å². The van der Waals surface area contributed by atoms with Crippen LogP contribution in [0.1, 0.15) is 62.7 Å². The molecule has 0 radical (unpaired) electrons. The quantitative estimate of drug-likeness (QED) is 0.525. The predicted octanol–water partition coefficient (Wildman–Crippen LogP) is 4.32. The van der Waals surface area contributed by atoms with Crippen molar-refractivity contribution in [3.05, 3.63) is 71.8 Å². The van der Waals surface area contributed by atoms with Crippen LogP contribution in [0.3, 0.4) is 0 Å². The van der Waals surface area contributed by atoms with Crippen LogP contribution >= 0.6 is 0 Å². The number of nitrogens with one attached hydrogen (secondary N) is 2. The number of ether oxygens (including phenoxy) is 1. The monoisotopic (exact) mass is 396 g/mol. The number of rotatable bonds is 12. The average molecular weight is 397 g/mol. The maximum absolute atomic E-state index is 11.5. The van der Waals surface area contributed by atoms with E-state index < -0.39 is 0 Å². The highest BCUT2D eigenvalue weighted by atomic mass is 16.5. The van der Waals surface area contributed by atoms with E-state index in [1.54, 1.807) is 13.8 Å². The van der Waals surface area contributed by atoms with Crippen LogP contribution in [-0.2, 0) is 14.3 Å². The van der Waals surface area contributed by atoms with Gasteiger partial charge >= 0.3 is 0 Å². The van der Waals surface area contributed by atoms with Crippen molar-refractivity contribution in [3.8, 4) is 0 Å². The number of amides is 2. The molecule has 0 aliphatic carbocycles. The summed E-state index contributed by atoms with van der Waals surface area (Å²) in [4.78, 5) is 23.0. The maximum Gasteiger partial charge on any atom is 0.217 e. The molecule has 0 saturated heterocycles. The smallest absolute Gasteiger partial charge is 0.217 e. The summed E-state index contributed by atoms with van der Waals surface area (Å²) in [5.74, 6) is -0.0469. The molecule has 0 spiro atoms. The Morgan fingerprint density at radius 3 is 1.45 bits per heavy atom. The van der Waals surface area contributed by atoms with E-state index in [9.17, 15) is 9.59 Å². The van der Waals surface area contributed by atoms with E-state index in [4.69, 9.17) is 4.74 Å². The summed E-state index contributed by atoms with van der Waals surface area (Å²) in [7, 11) is 0. The first kappa shape index (κ1) is 22.6. The molecule has 5 nitrogen and oxygen atoms in total. The molecule has 0 bridgehead atoms. The van der Waals surface area contributed by atoms with Gasteiger partial charge in [0, 0.05) is 27.1 Å². The van der Waals surface area contributed by atoms with E-state index in [0.29, 0.717) is 13.2 Å². The lowest BCUT2D eigenvalue weighted by Gasteiger charge is -2.19. The summed E-state index contributed by atoms with van der Waals surface area (Å²) >= 11 is 0. The molecule has 0 aliphatic rings. The summed E-state index contributed by atoms with van der Waals surface area (Å²) in [5.41, 5.74) is 2.23. The fourth-order valence-electron chi connectivity index (χ4n) is 3.39. The van der Waals surface area contributed by atoms with Gasteiger partial charge in [0.2, 0.25) is 11.8 Å². The van der Waals surface area contributed by atoms with Gasteiger partial charge in [-0.25, -0.2) is 0 Å². The van der Waals surface area contributed by atoms with Gasteiger partial charge in [-0.15, -0.1) is 0 Å². The third kappa shape index (κ3) is 8.92. The van der Waals surface area contributed by atoms with Gasteiger partial charge in [0.05, 0.1) is 12.1 Å². The van der Waals surface area contributed by atoms with Crippen LogP contribution in [0.2, 0.25) is 0 Å². The van der Waals surface area contributed by atoms with E-state index >= 15 is 0 Å². The number of carbonyl (C=O) groups is 2. The van der Waals surface area contributed by atoms with E-state index in [1.165, 1.54) is 0 Å². The molecular weight excluding hydrogens is 364 g/mol. The van der Waals surface area contributed by atoms with Crippen molar-refractivity contribution < 1.29 is 14.3 Å². The Morgan fingerprint density at radius 1 is 0.724 bits per heavy atom. The fourth-order valence-corrected chi connectivity index (χ4v) is 3.39. The molecular formula is C24H32N2O3. The molecule has 0 fully saturated rings. The molecule has 5 heteroatoms. The van der Waals surface area contributed by atoms with E-state index in [0.717, 1.165) is 36.8 Å². The second-order valence-corrected chi connectivity index (χ2v) is 7.22. The highest BCUT2D eigenvalue weighted by Crippen LogP contribution is 2.20. The molecule has 0 heterocycles. The lowest BCUT2D eigenvalue weighted by atomic mass is 10.0. The van der Waals surface area contributed by atoms with Gasteiger partial charge in [-0.1, -0.05) is 60.7 Å². The first-order valence-electron chi connectivity index (χ1n) is 10.3. The normalized spacial score (nSPS) is 12.8. The van der Waals surface area contributed by atoms with Crippen LogP contribution in [0.4, 0.5) is 0 Å². The molecule has 29 heavy (non-hydrogen) atoms. The summed E-state index contributed by atoms with van der Waals surface area (Å²) in [6.45, 7) is 4.40. The van der Waals surface area contributed by atoms with Crippen LogP contribution in [0.25, 0.3) is 0 Å². The largest absolute Gasteiger partial charge is 0.381 e. The Bertz CT molecular complexity index is 671. The lowest BCUT2D eigenvalue weighted by molar-refractivity contribution is -0.120. The zero-order chi connectivity index (χ0) is 20.9. The molecule has 2 unspecified atom stereocenters. The molecule has 2 amide bonds. The molecule has 2 aromatic rings. The number of carbonyl (C=O) groups excluding carboxylic acids is 2. The van der Waals surface area contributed by atoms with Crippen molar-refractivity contribution in [3.63, 3.8) is 0 Å². The van der Waals surface area contributed by atoms with E-state index in [2.05, 4.69) is 10.6 Å². The Hall–Kier alpha value is -2.66. The Balaban J connectivity index is 1.69. The van der Waals surface area contributed by atoms with Gasteiger partial charge in [0.1, 0.15) is 0 Å². The van der Waals surface area contributed by atoms with Crippen molar-refractivity contribution in [1.29, 1.82) is 0 Å². The van der Waals surface area contributed by atoms with Crippen LogP contribution in [-0.4, -0.2) is 25.0 Å². The predicted molar refractivity (Wildman–Crippen MR) is 115 cm³/mol. The van der Waals surface area contributed by atoms with Gasteiger partial charge in [-0.3, -0.25) is 9.59 Å². The lowest BCUT2D eigenvalue weighted by Crippen LogP contribution is -2.26. The van der Waals surface area contributed by atoms with Crippen molar-refractivity contribution >= 4 is 11.8 Å². The van der Waals surface area contributed by atoms with Crippen LogP contribution in [0, 0.1) is 0 Å². The summed E-state index contributed by atoms with van der Waals surface area (Å²) in [6.07, 6.45) is 3.41. The molecule has 0 aromatic heterocycles. The Kier molecular flexibility index (Phi) is 9.93. The fraction of sp³-hybridized carbons (Fsp3) is 0.417. The number of hydrogen-bond donors (Lipinski definition) is 2. The number of benzene rings is 2. The standard InChI is InChI=1S/C24H32N2O3/c1-19(27)25-23(21-11-5-3-6-12-21)15-9-17-29-18-10-16-24(26-20(2)28)22-13-7-4-8-14-22/h3-8,11-14,23-24H,9-10,15-18H2,1-2H3,(H,25,27)(H,26,28). The van der Waals surface area contributed by atoms with Gasteiger partial charge in [0.25, 0.3) is 0 Å². The van der Waals surface area contributed by atoms with E-state index in [-0.39, 0.29) is 23.9 Å². The summed E-state index contributed by atoms with van der Waals surface area (Å²) in [6, 6.07) is 20.1. The summed E-state index contributed by atoms with van der Waals surface area (Å²) in [5, 5.41) is 6.03. The SMILES string of the molecule is CC(=O)NC(CCCOCCCC(NC(C)=O)c1ccccc1)c1ccccc1. The van der Waals surface area contributed by atoms with Crippen molar-refractivity contribution in [2.24, 2.45) is 0 Å². The zero-order valence-corrected chi connectivity index (χ0v) is 17.4. The third-order valence-corrected chi connectivity index (χ3v) is 4.72. The molecule has 2 atom stereocenters. The van der Waals surface area contributed by atoms with E-state index in [1.807, 2.05) is 60.7 Å². The molecule has 2 rings (SSSR count). The summed E-state index contributed by atoms with van der Waals surface area (Å²) < 4.78 is 5.79. The van der Waals surface area contributed by atoms with Crippen molar-refractivity contribution in [2.45, 2.75) is 51.6 Å². The minimum atomic E-state index is -0.0234. The van der Waals surface area contributed by atoms with Crippen LogP contribution in [0.5, 0.6) is 0 Å². The van der Waals surface area contributed by atoms with Gasteiger partial charge in [-0.2, -0.15) is 0 Å². The van der Waals surface area contributed by atoms with Crippen LogP contribution < -0.4 is 10.6 Å². The van der Waals surface area contributed by atoms with Gasteiger partial charge < -0.3 is 15.4 Å². The maximum atomic E-state index is 11.5.